The van der Waals surface area contributed by atoms with E-state index in [2.05, 4.69) is 10.2 Å². The van der Waals surface area contributed by atoms with E-state index in [1.54, 1.807) is 11.6 Å². The lowest BCUT2D eigenvalue weighted by Crippen LogP contribution is -2.41. The molecule has 28 heavy (non-hydrogen) atoms. The number of aromatic nitrogens is 5. The molecule has 1 aliphatic heterocycles. The zero-order valence-corrected chi connectivity index (χ0v) is 17.2. The number of hydrogen-bond acceptors (Lipinski definition) is 9. The standard InChI is InChI=1S/C15H20N6O5S2/c1-19-11(16)10(13(23)21(3)15(19)24)9(22)6-27-14-18-17-12(20(14)2)8-4-5-28(25,26)7-8/h8H,4-7,16H2,1-3H3/t8-/m0/s1. The lowest BCUT2D eigenvalue weighted by atomic mass is 10.1. The van der Waals surface area contributed by atoms with Gasteiger partial charge in [-0.3, -0.25) is 18.7 Å². The zero-order valence-electron chi connectivity index (χ0n) is 15.6. The molecule has 2 N–H and O–H groups in total. The third kappa shape index (κ3) is 3.51. The van der Waals surface area contributed by atoms with Crippen molar-refractivity contribution in [3.63, 3.8) is 0 Å². The summed E-state index contributed by atoms with van der Waals surface area (Å²) in [4.78, 5) is 36.7. The molecule has 1 atom stereocenters. The van der Waals surface area contributed by atoms with Gasteiger partial charge >= 0.3 is 5.69 Å². The van der Waals surface area contributed by atoms with Gasteiger partial charge in [-0.2, -0.15) is 0 Å². The monoisotopic (exact) mass is 428 g/mol. The summed E-state index contributed by atoms with van der Waals surface area (Å²) in [5.41, 5.74) is 4.18. The highest BCUT2D eigenvalue weighted by atomic mass is 32.2. The molecule has 0 aromatic carbocycles. The number of sulfone groups is 1. The van der Waals surface area contributed by atoms with Crippen LogP contribution in [0.3, 0.4) is 0 Å². The van der Waals surface area contributed by atoms with Crippen LogP contribution >= 0.6 is 11.8 Å². The molecule has 0 amide bonds. The molecular weight excluding hydrogens is 408 g/mol. The van der Waals surface area contributed by atoms with E-state index >= 15 is 0 Å². The van der Waals surface area contributed by atoms with Gasteiger partial charge in [0.2, 0.25) is 0 Å². The Morgan fingerprint density at radius 1 is 1.18 bits per heavy atom. The van der Waals surface area contributed by atoms with E-state index in [0.29, 0.717) is 17.4 Å². The van der Waals surface area contributed by atoms with Crippen LogP contribution in [-0.4, -0.2) is 55.4 Å². The molecule has 2 aromatic rings. The maximum absolute atomic E-state index is 12.6. The molecule has 0 aliphatic carbocycles. The number of nitrogen functional groups attached to an aromatic ring is 1. The molecule has 1 aliphatic rings. The molecule has 0 spiro atoms. The van der Waals surface area contributed by atoms with Gasteiger partial charge in [-0.1, -0.05) is 11.8 Å². The molecule has 0 bridgehead atoms. The fourth-order valence-electron chi connectivity index (χ4n) is 3.13. The molecule has 0 unspecified atom stereocenters. The van der Waals surface area contributed by atoms with Crippen molar-refractivity contribution < 1.29 is 13.2 Å². The number of ketones is 1. The third-order valence-corrected chi connectivity index (χ3v) is 7.58. The van der Waals surface area contributed by atoms with E-state index in [9.17, 15) is 22.8 Å². The molecule has 0 radical (unpaired) electrons. The average Bonchev–Trinajstić information content (AvgIpc) is 3.18. The second-order valence-electron chi connectivity index (χ2n) is 6.68. The number of rotatable bonds is 5. The van der Waals surface area contributed by atoms with Crippen LogP contribution in [0.15, 0.2) is 14.7 Å². The molecule has 1 fully saturated rings. The van der Waals surface area contributed by atoms with Crippen molar-refractivity contribution in [3.8, 4) is 0 Å². The van der Waals surface area contributed by atoms with Gasteiger partial charge in [-0.05, 0) is 6.42 Å². The molecule has 3 rings (SSSR count). The maximum atomic E-state index is 12.6. The highest BCUT2D eigenvalue weighted by molar-refractivity contribution is 7.99. The van der Waals surface area contributed by atoms with Gasteiger partial charge in [0.25, 0.3) is 5.56 Å². The van der Waals surface area contributed by atoms with E-state index < -0.39 is 26.9 Å². The molecule has 0 saturated carbocycles. The lowest BCUT2D eigenvalue weighted by molar-refractivity contribution is 0.102. The fraction of sp³-hybridized carbons (Fsp3) is 0.533. The van der Waals surface area contributed by atoms with Crippen molar-refractivity contribution in [2.75, 3.05) is 23.0 Å². The van der Waals surface area contributed by atoms with Gasteiger partial charge < -0.3 is 10.3 Å². The quantitative estimate of drug-likeness (QED) is 0.451. The maximum Gasteiger partial charge on any atom is 0.332 e. The Hall–Kier alpha value is -2.41. The SMILES string of the molecule is Cn1c(SCC(=O)c2c(N)n(C)c(=O)n(C)c2=O)nnc1[C@H]1CCS(=O)(=O)C1. The van der Waals surface area contributed by atoms with Crippen molar-refractivity contribution in [1.82, 2.24) is 23.9 Å². The lowest BCUT2D eigenvalue weighted by Gasteiger charge is -2.11. The minimum Gasteiger partial charge on any atom is -0.384 e. The van der Waals surface area contributed by atoms with Crippen molar-refractivity contribution in [2.45, 2.75) is 17.5 Å². The number of nitrogens with two attached hydrogens (primary N) is 1. The molecule has 2 aromatic heterocycles. The van der Waals surface area contributed by atoms with E-state index in [1.807, 2.05) is 0 Å². The van der Waals surface area contributed by atoms with Crippen LogP contribution in [0.5, 0.6) is 0 Å². The summed E-state index contributed by atoms with van der Waals surface area (Å²) in [6, 6.07) is 0. The Morgan fingerprint density at radius 3 is 2.46 bits per heavy atom. The predicted molar refractivity (Wildman–Crippen MR) is 103 cm³/mol. The van der Waals surface area contributed by atoms with Crippen molar-refractivity contribution in [3.05, 3.63) is 32.2 Å². The molecule has 152 valence electrons. The highest BCUT2D eigenvalue weighted by Gasteiger charge is 2.32. The van der Waals surface area contributed by atoms with Crippen LogP contribution in [0.1, 0.15) is 28.5 Å². The third-order valence-electron chi connectivity index (χ3n) is 4.79. The number of thioether (sulfide) groups is 1. The number of carbonyl (C=O) groups is 1. The molecule has 3 heterocycles. The zero-order chi connectivity index (χ0) is 20.8. The minimum absolute atomic E-state index is 0.0349. The molecular formula is C15H20N6O5S2. The smallest absolute Gasteiger partial charge is 0.332 e. The number of anilines is 1. The second kappa shape index (κ2) is 7.20. The van der Waals surface area contributed by atoms with Crippen LogP contribution in [0.25, 0.3) is 0 Å². The fourth-order valence-corrected chi connectivity index (χ4v) is 5.66. The first kappa shape index (κ1) is 20.3. The van der Waals surface area contributed by atoms with Crippen molar-refractivity contribution in [2.24, 2.45) is 21.1 Å². The van der Waals surface area contributed by atoms with Gasteiger partial charge in [0.15, 0.2) is 20.8 Å². The van der Waals surface area contributed by atoms with E-state index in [1.165, 1.54) is 14.1 Å². The molecule has 1 saturated heterocycles. The van der Waals surface area contributed by atoms with Crippen LogP contribution in [0.2, 0.25) is 0 Å². The summed E-state index contributed by atoms with van der Waals surface area (Å²) in [7, 11) is 1.30. The summed E-state index contributed by atoms with van der Waals surface area (Å²) in [5, 5.41) is 8.52. The summed E-state index contributed by atoms with van der Waals surface area (Å²) in [6.07, 6.45) is 0.489. The predicted octanol–water partition coefficient (Wildman–Crippen LogP) is -1.33. The van der Waals surface area contributed by atoms with E-state index in [-0.39, 0.29) is 34.6 Å². The topological polar surface area (TPSA) is 152 Å². The van der Waals surface area contributed by atoms with Crippen LogP contribution < -0.4 is 17.0 Å². The van der Waals surface area contributed by atoms with Gasteiger partial charge in [-0.15, -0.1) is 10.2 Å². The average molecular weight is 428 g/mol. The summed E-state index contributed by atoms with van der Waals surface area (Å²) in [6.45, 7) is 0. The number of carbonyl (C=O) groups excluding carboxylic acids is 1. The van der Waals surface area contributed by atoms with Crippen molar-refractivity contribution in [1.29, 1.82) is 0 Å². The Balaban J connectivity index is 1.80. The number of hydrogen-bond donors (Lipinski definition) is 1. The Morgan fingerprint density at radius 2 is 1.86 bits per heavy atom. The summed E-state index contributed by atoms with van der Waals surface area (Å²) >= 11 is 1.06. The minimum atomic E-state index is -3.05. The Labute approximate surface area is 164 Å². The summed E-state index contributed by atoms with van der Waals surface area (Å²) in [5.74, 6) is -0.367. The van der Waals surface area contributed by atoms with Crippen LogP contribution in [0, 0.1) is 0 Å². The van der Waals surface area contributed by atoms with Gasteiger partial charge in [0.05, 0.1) is 17.3 Å². The van der Waals surface area contributed by atoms with Gasteiger partial charge in [0, 0.05) is 27.1 Å². The highest BCUT2D eigenvalue weighted by Crippen LogP contribution is 2.29. The first-order valence-corrected chi connectivity index (χ1v) is 11.2. The largest absolute Gasteiger partial charge is 0.384 e. The normalized spacial score (nSPS) is 18.5. The first-order chi connectivity index (χ1) is 13.0. The van der Waals surface area contributed by atoms with E-state index in [4.69, 9.17) is 5.73 Å². The molecule has 13 heteroatoms. The number of Topliss-reactive ketones (excluding diaryl/α,β-unsaturated/α-hetero) is 1. The van der Waals surface area contributed by atoms with E-state index in [0.717, 1.165) is 20.9 Å². The first-order valence-electron chi connectivity index (χ1n) is 8.34. The Bertz CT molecular complexity index is 1180. The number of nitrogens with zero attached hydrogens (tertiary/aromatic N) is 5. The van der Waals surface area contributed by atoms with Crippen LogP contribution in [0.4, 0.5) is 5.82 Å². The van der Waals surface area contributed by atoms with Gasteiger partial charge in [-0.25, -0.2) is 13.2 Å². The second-order valence-corrected chi connectivity index (χ2v) is 9.85. The molecule has 11 nitrogen and oxygen atoms in total. The Kier molecular flexibility index (Phi) is 5.23. The van der Waals surface area contributed by atoms with Gasteiger partial charge in [0.1, 0.15) is 17.2 Å². The van der Waals surface area contributed by atoms with Crippen molar-refractivity contribution >= 4 is 33.2 Å². The van der Waals surface area contributed by atoms with Crippen LogP contribution in [-0.2, 0) is 31.0 Å². The summed E-state index contributed by atoms with van der Waals surface area (Å²) < 4.78 is 26.9.